The molecule has 1 unspecified atom stereocenters. The van der Waals surface area contributed by atoms with Gasteiger partial charge < -0.3 is 10.2 Å². The van der Waals surface area contributed by atoms with Crippen molar-refractivity contribution in [2.24, 2.45) is 0 Å². The third kappa shape index (κ3) is 3.49. The van der Waals surface area contributed by atoms with E-state index in [1.165, 1.54) is 12.8 Å². The molecule has 2 rings (SSSR count). The van der Waals surface area contributed by atoms with Gasteiger partial charge in [0.1, 0.15) is 0 Å². The van der Waals surface area contributed by atoms with E-state index < -0.39 is 0 Å². The number of hydrogen-bond acceptors (Lipinski definition) is 4. The van der Waals surface area contributed by atoms with Gasteiger partial charge in [-0.15, -0.1) is 0 Å². The minimum absolute atomic E-state index is 0.114. The Morgan fingerprint density at radius 3 is 2.80 bits per heavy atom. The molecule has 0 aliphatic carbocycles. The Morgan fingerprint density at radius 2 is 2.30 bits per heavy atom. The minimum Gasteiger partial charge on any atom is -0.367 e. The van der Waals surface area contributed by atoms with E-state index in [9.17, 15) is 10.1 Å². The highest BCUT2D eigenvalue weighted by Crippen LogP contribution is 2.31. The topological polar surface area (TPSA) is 58.4 Å². The molecule has 0 amide bonds. The Balaban J connectivity index is 2.22. The summed E-state index contributed by atoms with van der Waals surface area (Å²) >= 11 is 3.47. The molecule has 1 heterocycles. The third-order valence-corrected chi connectivity index (χ3v) is 4.29. The zero-order valence-electron chi connectivity index (χ0n) is 11.8. The van der Waals surface area contributed by atoms with Crippen LogP contribution < -0.4 is 10.2 Å². The molecule has 0 bridgehead atoms. The number of rotatable bonds is 5. The van der Waals surface area contributed by atoms with Crippen LogP contribution in [0.25, 0.3) is 0 Å². The van der Waals surface area contributed by atoms with Gasteiger partial charge in [0.05, 0.1) is 10.6 Å². The van der Waals surface area contributed by atoms with E-state index in [4.69, 9.17) is 0 Å². The van der Waals surface area contributed by atoms with E-state index in [-0.39, 0.29) is 10.6 Å². The highest BCUT2D eigenvalue weighted by Gasteiger charge is 2.22. The van der Waals surface area contributed by atoms with Gasteiger partial charge in [0.25, 0.3) is 5.69 Å². The Morgan fingerprint density at radius 1 is 1.55 bits per heavy atom. The summed E-state index contributed by atoms with van der Waals surface area (Å²) in [5.74, 6) is 0. The lowest BCUT2D eigenvalue weighted by molar-refractivity contribution is -0.384. The number of hydrogen-bond donors (Lipinski definition) is 1. The summed E-state index contributed by atoms with van der Waals surface area (Å²) in [6.45, 7) is 6.29. The largest absolute Gasteiger partial charge is 0.367 e. The first-order valence-electron chi connectivity index (χ1n) is 6.93. The van der Waals surface area contributed by atoms with E-state index in [1.54, 1.807) is 12.1 Å². The summed E-state index contributed by atoms with van der Waals surface area (Å²) in [5.41, 5.74) is 1.13. The van der Waals surface area contributed by atoms with Gasteiger partial charge in [-0.3, -0.25) is 10.1 Å². The van der Waals surface area contributed by atoms with Crippen molar-refractivity contribution < 1.29 is 4.92 Å². The summed E-state index contributed by atoms with van der Waals surface area (Å²) in [7, 11) is 0. The predicted octanol–water partition coefficient (Wildman–Crippen LogP) is 3.32. The molecule has 6 heteroatoms. The van der Waals surface area contributed by atoms with Crippen molar-refractivity contribution in [2.75, 3.05) is 18.0 Å². The summed E-state index contributed by atoms with van der Waals surface area (Å²) < 4.78 is 0.776. The van der Waals surface area contributed by atoms with Crippen LogP contribution in [0.5, 0.6) is 0 Å². The number of anilines is 1. The van der Waals surface area contributed by atoms with Gasteiger partial charge in [0, 0.05) is 35.2 Å². The van der Waals surface area contributed by atoms with Gasteiger partial charge >= 0.3 is 0 Å². The standard InChI is InChI=1S/C14H20BrN3O2/c1-10(2)17(9-11-4-3-7-16-11)14-6-5-12(18(19)20)8-13(14)15/h5-6,8,10-11,16H,3-4,7,9H2,1-2H3. The quantitative estimate of drug-likeness (QED) is 0.659. The maximum absolute atomic E-state index is 10.8. The van der Waals surface area contributed by atoms with Crippen molar-refractivity contribution in [2.45, 2.75) is 38.8 Å². The Labute approximate surface area is 127 Å². The molecule has 1 fully saturated rings. The van der Waals surface area contributed by atoms with E-state index in [2.05, 4.69) is 40.0 Å². The number of nitrogens with one attached hydrogen (secondary N) is 1. The van der Waals surface area contributed by atoms with Crippen LogP contribution in [0.3, 0.4) is 0 Å². The lowest BCUT2D eigenvalue weighted by Crippen LogP contribution is -2.41. The van der Waals surface area contributed by atoms with Crippen molar-refractivity contribution in [3.8, 4) is 0 Å². The normalized spacial score (nSPS) is 18.5. The van der Waals surface area contributed by atoms with Crippen molar-refractivity contribution in [1.29, 1.82) is 0 Å². The van der Waals surface area contributed by atoms with Crippen LogP contribution in [0.1, 0.15) is 26.7 Å². The van der Waals surface area contributed by atoms with E-state index in [0.717, 1.165) is 23.2 Å². The van der Waals surface area contributed by atoms with Crippen LogP contribution in [0.4, 0.5) is 11.4 Å². The maximum Gasteiger partial charge on any atom is 0.270 e. The van der Waals surface area contributed by atoms with Gasteiger partial charge in [-0.25, -0.2) is 0 Å². The maximum atomic E-state index is 10.8. The molecule has 0 radical (unpaired) electrons. The minimum atomic E-state index is -0.368. The fourth-order valence-electron chi connectivity index (χ4n) is 2.58. The highest BCUT2D eigenvalue weighted by atomic mass is 79.9. The smallest absolute Gasteiger partial charge is 0.270 e. The molecule has 1 N–H and O–H groups in total. The van der Waals surface area contributed by atoms with Crippen molar-refractivity contribution in [1.82, 2.24) is 5.32 Å². The van der Waals surface area contributed by atoms with Gasteiger partial charge in [0.15, 0.2) is 0 Å². The molecule has 1 atom stereocenters. The van der Waals surface area contributed by atoms with Crippen molar-refractivity contribution in [3.63, 3.8) is 0 Å². The number of non-ortho nitro benzene ring substituents is 1. The first-order valence-corrected chi connectivity index (χ1v) is 7.72. The van der Waals surface area contributed by atoms with Crippen LogP contribution in [0.2, 0.25) is 0 Å². The van der Waals surface area contributed by atoms with Gasteiger partial charge in [0.2, 0.25) is 0 Å². The molecule has 0 saturated carbocycles. The summed E-state index contributed by atoms with van der Waals surface area (Å²) in [5, 5.41) is 14.3. The molecule has 5 nitrogen and oxygen atoms in total. The highest BCUT2D eigenvalue weighted by molar-refractivity contribution is 9.10. The molecule has 0 aromatic heterocycles. The molecular weight excluding hydrogens is 322 g/mol. The molecular formula is C14H20BrN3O2. The summed E-state index contributed by atoms with van der Waals surface area (Å²) in [6.07, 6.45) is 2.41. The summed E-state index contributed by atoms with van der Waals surface area (Å²) in [6, 6.07) is 5.82. The van der Waals surface area contributed by atoms with Crippen LogP contribution in [0.15, 0.2) is 22.7 Å². The molecule has 0 spiro atoms. The number of nitro groups is 1. The van der Waals surface area contributed by atoms with Gasteiger partial charge in [-0.2, -0.15) is 0 Å². The molecule has 1 aromatic rings. The second-order valence-electron chi connectivity index (χ2n) is 5.43. The third-order valence-electron chi connectivity index (χ3n) is 3.65. The Kier molecular flexibility index (Phi) is 4.99. The zero-order chi connectivity index (χ0) is 14.7. The molecule has 1 aliphatic rings. The number of benzene rings is 1. The van der Waals surface area contributed by atoms with E-state index in [0.29, 0.717) is 12.1 Å². The molecule has 1 aliphatic heterocycles. The number of nitrogens with zero attached hydrogens (tertiary/aromatic N) is 2. The second kappa shape index (κ2) is 6.54. The van der Waals surface area contributed by atoms with Crippen LogP contribution >= 0.6 is 15.9 Å². The van der Waals surface area contributed by atoms with Crippen molar-refractivity contribution in [3.05, 3.63) is 32.8 Å². The van der Waals surface area contributed by atoms with Crippen LogP contribution in [0, 0.1) is 10.1 Å². The molecule has 20 heavy (non-hydrogen) atoms. The number of nitro benzene ring substituents is 1. The predicted molar refractivity (Wildman–Crippen MR) is 84.3 cm³/mol. The zero-order valence-corrected chi connectivity index (χ0v) is 13.4. The number of halogens is 1. The summed E-state index contributed by atoms with van der Waals surface area (Å²) in [4.78, 5) is 12.7. The average Bonchev–Trinajstić information content (AvgIpc) is 2.89. The van der Waals surface area contributed by atoms with E-state index >= 15 is 0 Å². The SMILES string of the molecule is CC(C)N(CC1CCCN1)c1ccc([N+](=O)[O-])cc1Br. The molecule has 1 aromatic carbocycles. The van der Waals surface area contributed by atoms with Crippen molar-refractivity contribution >= 4 is 27.3 Å². The fourth-order valence-corrected chi connectivity index (χ4v) is 3.17. The molecule has 1 saturated heterocycles. The van der Waals surface area contributed by atoms with Gasteiger partial charge in [-0.05, 0) is 55.2 Å². The first-order chi connectivity index (χ1) is 9.49. The van der Waals surface area contributed by atoms with Crippen LogP contribution in [-0.4, -0.2) is 30.1 Å². The molecule has 110 valence electrons. The first kappa shape index (κ1) is 15.3. The van der Waals surface area contributed by atoms with Crippen LogP contribution in [-0.2, 0) is 0 Å². The van der Waals surface area contributed by atoms with E-state index in [1.807, 2.05) is 6.07 Å². The Bertz CT molecular complexity index is 487. The second-order valence-corrected chi connectivity index (χ2v) is 6.29. The fraction of sp³-hybridized carbons (Fsp3) is 0.571. The van der Waals surface area contributed by atoms with Gasteiger partial charge in [-0.1, -0.05) is 0 Å². The average molecular weight is 342 g/mol. The lowest BCUT2D eigenvalue weighted by Gasteiger charge is -2.32. The Hall–Kier alpha value is -1.14. The monoisotopic (exact) mass is 341 g/mol. The lowest BCUT2D eigenvalue weighted by atomic mass is 10.1.